The van der Waals surface area contributed by atoms with E-state index in [0.29, 0.717) is 12.0 Å². The van der Waals surface area contributed by atoms with Gasteiger partial charge in [-0.25, -0.2) is 0 Å². The third-order valence-corrected chi connectivity index (χ3v) is 3.10. The average Bonchev–Trinajstić information content (AvgIpc) is 2.36. The summed E-state index contributed by atoms with van der Waals surface area (Å²) >= 11 is 0. The fourth-order valence-corrected chi connectivity index (χ4v) is 1.70. The van der Waals surface area contributed by atoms with Crippen molar-refractivity contribution in [3.8, 4) is 5.75 Å². The Morgan fingerprint density at radius 1 is 1.17 bits per heavy atom. The van der Waals surface area contributed by atoms with Crippen LogP contribution in [0.15, 0.2) is 24.3 Å². The van der Waals surface area contributed by atoms with E-state index >= 15 is 0 Å². The van der Waals surface area contributed by atoms with Gasteiger partial charge in [-0.3, -0.25) is 0 Å². The molecular formula is C16H27NO. The van der Waals surface area contributed by atoms with Gasteiger partial charge in [0.05, 0.1) is 6.10 Å². The van der Waals surface area contributed by atoms with E-state index in [0.717, 1.165) is 18.7 Å². The Balaban J connectivity index is 2.63. The van der Waals surface area contributed by atoms with Gasteiger partial charge in [-0.05, 0) is 50.4 Å². The molecule has 0 unspecified atom stereocenters. The van der Waals surface area contributed by atoms with Crippen LogP contribution in [0.25, 0.3) is 0 Å². The van der Waals surface area contributed by atoms with Gasteiger partial charge >= 0.3 is 0 Å². The molecule has 0 aromatic heterocycles. The van der Waals surface area contributed by atoms with E-state index in [4.69, 9.17) is 4.74 Å². The van der Waals surface area contributed by atoms with Gasteiger partial charge in [-0.2, -0.15) is 0 Å². The fourth-order valence-electron chi connectivity index (χ4n) is 1.70. The van der Waals surface area contributed by atoms with Crippen LogP contribution < -0.4 is 10.1 Å². The summed E-state index contributed by atoms with van der Waals surface area (Å²) in [6.45, 7) is 11.9. The van der Waals surface area contributed by atoms with E-state index in [-0.39, 0.29) is 6.10 Å². The molecule has 0 spiro atoms. The highest BCUT2D eigenvalue weighted by atomic mass is 16.5. The molecular weight excluding hydrogens is 222 g/mol. The van der Waals surface area contributed by atoms with Gasteiger partial charge < -0.3 is 10.1 Å². The van der Waals surface area contributed by atoms with Crippen LogP contribution in [-0.4, -0.2) is 12.6 Å². The molecule has 0 saturated heterocycles. The van der Waals surface area contributed by atoms with Crippen molar-refractivity contribution < 1.29 is 4.74 Å². The van der Waals surface area contributed by atoms with Crippen LogP contribution in [-0.2, 0) is 0 Å². The highest BCUT2D eigenvalue weighted by Crippen LogP contribution is 2.20. The predicted octanol–water partition coefficient (Wildman–Crippen LogP) is 4.17. The molecule has 2 atom stereocenters. The van der Waals surface area contributed by atoms with Crippen LogP contribution in [0.4, 0.5) is 0 Å². The summed E-state index contributed by atoms with van der Waals surface area (Å²) in [5.41, 5.74) is 1.29. The standard InChI is InChI=1S/C16H27NO/c1-6-13(4)18-16-9-7-8-15(10-16)14(5)17-11-12(2)3/h7-10,12-14,17H,6,11H2,1-5H3/t13-,14-/m0/s1. The average molecular weight is 249 g/mol. The minimum atomic E-state index is 0.277. The molecule has 0 bridgehead atoms. The fraction of sp³-hybridized carbons (Fsp3) is 0.625. The first-order valence-electron chi connectivity index (χ1n) is 7.03. The first kappa shape index (κ1) is 15.0. The van der Waals surface area contributed by atoms with Gasteiger partial charge in [0.2, 0.25) is 0 Å². The lowest BCUT2D eigenvalue weighted by Crippen LogP contribution is -2.23. The molecule has 0 amide bonds. The quantitative estimate of drug-likeness (QED) is 0.783. The Hall–Kier alpha value is -1.02. The second kappa shape index (κ2) is 7.42. The van der Waals surface area contributed by atoms with Gasteiger partial charge in [-0.15, -0.1) is 0 Å². The summed E-state index contributed by atoms with van der Waals surface area (Å²) in [5, 5.41) is 3.54. The van der Waals surface area contributed by atoms with Crippen molar-refractivity contribution >= 4 is 0 Å². The summed E-state index contributed by atoms with van der Waals surface area (Å²) < 4.78 is 5.85. The molecule has 0 aliphatic carbocycles. The number of nitrogens with one attached hydrogen (secondary N) is 1. The lowest BCUT2D eigenvalue weighted by atomic mass is 10.1. The van der Waals surface area contributed by atoms with Crippen LogP contribution in [0.2, 0.25) is 0 Å². The summed E-state index contributed by atoms with van der Waals surface area (Å²) in [6, 6.07) is 8.77. The lowest BCUT2D eigenvalue weighted by molar-refractivity contribution is 0.217. The van der Waals surface area contributed by atoms with Crippen LogP contribution >= 0.6 is 0 Å². The molecule has 1 rings (SSSR count). The first-order valence-corrected chi connectivity index (χ1v) is 7.03. The van der Waals surface area contributed by atoms with Crippen molar-refractivity contribution in [1.82, 2.24) is 5.32 Å². The molecule has 0 fully saturated rings. The summed E-state index contributed by atoms with van der Waals surface area (Å²) in [7, 11) is 0. The van der Waals surface area contributed by atoms with E-state index < -0.39 is 0 Å². The molecule has 2 heteroatoms. The minimum Gasteiger partial charge on any atom is -0.491 e. The second-order valence-electron chi connectivity index (χ2n) is 5.43. The monoisotopic (exact) mass is 249 g/mol. The molecule has 1 aromatic rings. The molecule has 0 aliphatic heterocycles. The second-order valence-corrected chi connectivity index (χ2v) is 5.43. The van der Waals surface area contributed by atoms with E-state index in [1.54, 1.807) is 0 Å². The third kappa shape index (κ3) is 5.09. The third-order valence-electron chi connectivity index (χ3n) is 3.10. The summed E-state index contributed by atoms with van der Waals surface area (Å²) in [6.07, 6.45) is 1.31. The first-order chi connectivity index (χ1) is 8.52. The molecule has 1 aromatic carbocycles. The SMILES string of the molecule is CC[C@H](C)Oc1cccc([C@H](C)NCC(C)C)c1. The summed E-state index contributed by atoms with van der Waals surface area (Å²) in [4.78, 5) is 0. The van der Waals surface area contributed by atoms with Gasteiger partial charge in [0.15, 0.2) is 0 Å². The maximum absolute atomic E-state index is 5.85. The summed E-state index contributed by atoms with van der Waals surface area (Å²) in [5.74, 6) is 1.65. The van der Waals surface area contributed by atoms with Crippen molar-refractivity contribution in [1.29, 1.82) is 0 Å². The molecule has 18 heavy (non-hydrogen) atoms. The van der Waals surface area contributed by atoms with Crippen molar-refractivity contribution in [3.63, 3.8) is 0 Å². The highest BCUT2D eigenvalue weighted by molar-refractivity contribution is 5.30. The predicted molar refractivity (Wildman–Crippen MR) is 78.1 cm³/mol. The maximum Gasteiger partial charge on any atom is 0.120 e. The minimum absolute atomic E-state index is 0.277. The van der Waals surface area contributed by atoms with Gasteiger partial charge in [0.25, 0.3) is 0 Å². The molecule has 0 heterocycles. The van der Waals surface area contributed by atoms with E-state index in [1.165, 1.54) is 5.56 Å². The number of rotatable bonds is 7. The Labute approximate surface area is 112 Å². The van der Waals surface area contributed by atoms with E-state index in [1.807, 2.05) is 6.07 Å². The number of hydrogen-bond donors (Lipinski definition) is 1. The molecule has 102 valence electrons. The van der Waals surface area contributed by atoms with Crippen molar-refractivity contribution in [2.45, 2.75) is 53.2 Å². The number of benzene rings is 1. The Morgan fingerprint density at radius 2 is 1.89 bits per heavy atom. The van der Waals surface area contributed by atoms with Crippen molar-refractivity contribution in [2.75, 3.05) is 6.54 Å². The number of ether oxygens (including phenoxy) is 1. The Kier molecular flexibility index (Phi) is 6.20. The largest absolute Gasteiger partial charge is 0.491 e. The lowest BCUT2D eigenvalue weighted by Gasteiger charge is -2.18. The Bertz CT molecular complexity index is 349. The molecule has 2 nitrogen and oxygen atoms in total. The van der Waals surface area contributed by atoms with Crippen LogP contribution in [0.3, 0.4) is 0 Å². The van der Waals surface area contributed by atoms with E-state index in [2.05, 4.69) is 58.1 Å². The van der Waals surface area contributed by atoms with Gasteiger partial charge in [-0.1, -0.05) is 32.9 Å². The molecule has 0 saturated carbocycles. The molecule has 0 radical (unpaired) electrons. The zero-order valence-electron chi connectivity index (χ0n) is 12.4. The normalized spacial score (nSPS) is 14.6. The van der Waals surface area contributed by atoms with Crippen molar-refractivity contribution in [2.24, 2.45) is 5.92 Å². The molecule has 0 aliphatic rings. The van der Waals surface area contributed by atoms with Crippen LogP contribution in [0.5, 0.6) is 5.75 Å². The Morgan fingerprint density at radius 3 is 2.50 bits per heavy atom. The molecule has 1 N–H and O–H groups in total. The highest BCUT2D eigenvalue weighted by Gasteiger charge is 2.07. The zero-order valence-corrected chi connectivity index (χ0v) is 12.4. The van der Waals surface area contributed by atoms with Gasteiger partial charge in [0.1, 0.15) is 5.75 Å². The van der Waals surface area contributed by atoms with E-state index in [9.17, 15) is 0 Å². The van der Waals surface area contributed by atoms with Crippen LogP contribution in [0, 0.1) is 5.92 Å². The zero-order chi connectivity index (χ0) is 13.5. The van der Waals surface area contributed by atoms with Gasteiger partial charge in [0, 0.05) is 6.04 Å². The maximum atomic E-state index is 5.85. The number of hydrogen-bond acceptors (Lipinski definition) is 2. The smallest absolute Gasteiger partial charge is 0.120 e. The van der Waals surface area contributed by atoms with Crippen molar-refractivity contribution in [3.05, 3.63) is 29.8 Å². The topological polar surface area (TPSA) is 21.3 Å². The van der Waals surface area contributed by atoms with Crippen LogP contribution in [0.1, 0.15) is 52.6 Å².